The highest BCUT2D eigenvalue weighted by atomic mass is 32.1. The van der Waals surface area contributed by atoms with Crippen molar-refractivity contribution in [3.8, 4) is 0 Å². The second-order valence-corrected chi connectivity index (χ2v) is 7.79. The number of nitrogens with zero attached hydrogens (tertiary/aromatic N) is 1. The van der Waals surface area contributed by atoms with Gasteiger partial charge in [0.05, 0.1) is 11.2 Å². The molecule has 0 radical (unpaired) electrons. The standard InChI is InChI=1S/C16H28N2S/c1-10(2)18-16(9-7-8-11(3)12(16)4)15-17-13(5)14(6)19-15/h10-12,18H,7-9H2,1-6H3. The molecule has 1 aliphatic carbocycles. The zero-order valence-corrected chi connectivity index (χ0v) is 14.0. The van der Waals surface area contributed by atoms with Gasteiger partial charge in [-0.1, -0.05) is 26.7 Å². The van der Waals surface area contributed by atoms with Crippen LogP contribution in [0.4, 0.5) is 0 Å². The Bertz CT molecular complexity index is 418. The Hall–Kier alpha value is -0.410. The second-order valence-electron chi connectivity index (χ2n) is 6.59. The van der Waals surface area contributed by atoms with Crippen molar-refractivity contribution in [2.24, 2.45) is 11.8 Å². The normalized spacial score (nSPS) is 31.9. The van der Waals surface area contributed by atoms with Crippen molar-refractivity contribution in [3.63, 3.8) is 0 Å². The van der Waals surface area contributed by atoms with Gasteiger partial charge in [-0.05, 0) is 46.0 Å². The van der Waals surface area contributed by atoms with Crippen LogP contribution in [-0.4, -0.2) is 11.0 Å². The fourth-order valence-corrected chi connectivity index (χ4v) is 4.61. The van der Waals surface area contributed by atoms with E-state index in [1.165, 1.54) is 34.8 Å². The summed E-state index contributed by atoms with van der Waals surface area (Å²) in [5, 5.41) is 5.20. The molecule has 0 aromatic carbocycles. The van der Waals surface area contributed by atoms with Crippen molar-refractivity contribution in [2.45, 2.75) is 72.4 Å². The molecule has 1 fully saturated rings. The minimum atomic E-state index is 0.0928. The first-order chi connectivity index (χ1) is 8.86. The van der Waals surface area contributed by atoms with Crippen molar-refractivity contribution >= 4 is 11.3 Å². The number of aryl methyl sites for hydroxylation is 2. The van der Waals surface area contributed by atoms with Crippen LogP contribution in [-0.2, 0) is 5.54 Å². The van der Waals surface area contributed by atoms with E-state index in [9.17, 15) is 0 Å². The molecule has 0 amide bonds. The smallest absolute Gasteiger partial charge is 0.114 e. The summed E-state index contributed by atoms with van der Waals surface area (Å²) in [7, 11) is 0. The van der Waals surface area contributed by atoms with Gasteiger partial charge in [0.15, 0.2) is 0 Å². The van der Waals surface area contributed by atoms with Crippen LogP contribution < -0.4 is 5.32 Å². The van der Waals surface area contributed by atoms with Crippen LogP contribution in [0.15, 0.2) is 0 Å². The molecule has 1 aromatic rings. The number of nitrogens with one attached hydrogen (secondary N) is 1. The third-order valence-corrected chi connectivity index (χ3v) is 6.07. The zero-order valence-electron chi connectivity index (χ0n) is 13.2. The van der Waals surface area contributed by atoms with Crippen molar-refractivity contribution in [2.75, 3.05) is 0 Å². The summed E-state index contributed by atoms with van der Waals surface area (Å²) in [6, 6.07) is 0.497. The molecule has 2 nitrogen and oxygen atoms in total. The van der Waals surface area contributed by atoms with Gasteiger partial charge in [0.25, 0.3) is 0 Å². The first-order valence-corrected chi connectivity index (χ1v) is 8.40. The first kappa shape index (κ1) is 15.0. The molecule has 0 aliphatic heterocycles. The van der Waals surface area contributed by atoms with Gasteiger partial charge in [-0.3, -0.25) is 0 Å². The highest BCUT2D eigenvalue weighted by Gasteiger charge is 2.45. The van der Waals surface area contributed by atoms with Crippen LogP contribution in [0.3, 0.4) is 0 Å². The third-order valence-electron chi connectivity index (χ3n) is 4.82. The zero-order chi connectivity index (χ0) is 14.2. The predicted octanol–water partition coefficient (Wildman–Crippen LogP) is 4.41. The van der Waals surface area contributed by atoms with E-state index in [0.29, 0.717) is 12.0 Å². The lowest BCUT2D eigenvalue weighted by atomic mass is 9.68. The summed E-state index contributed by atoms with van der Waals surface area (Å²) in [4.78, 5) is 6.27. The van der Waals surface area contributed by atoms with Gasteiger partial charge in [0.2, 0.25) is 0 Å². The van der Waals surface area contributed by atoms with Crippen molar-refractivity contribution in [1.29, 1.82) is 0 Å². The van der Waals surface area contributed by atoms with Crippen LogP contribution in [0, 0.1) is 25.7 Å². The summed E-state index contributed by atoms with van der Waals surface area (Å²) in [6.07, 6.45) is 3.89. The van der Waals surface area contributed by atoms with E-state index in [1.54, 1.807) is 0 Å². The summed E-state index contributed by atoms with van der Waals surface area (Å²) in [6.45, 7) is 13.6. The van der Waals surface area contributed by atoms with Gasteiger partial charge in [0, 0.05) is 10.9 Å². The Labute approximate surface area is 122 Å². The Morgan fingerprint density at radius 2 is 2.00 bits per heavy atom. The van der Waals surface area contributed by atoms with Crippen molar-refractivity contribution in [1.82, 2.24) is 10.3 Å². The monoisotopic (exact) mass is 280 g/mol. The van der Waals surface area contributed by atoms with E-state index in [4.69, 9.17) is 4.98 Å². The lowest BCUT2D eigenvalue weighted by molar-refractivity contribution is 0.0943. The van der Waals surface area contributed by atoms with E-state index in [-0.39, 0.29) is 5.54 Å². The quantitative estimate of drug-likeness (QED) is 0.887. The predicted molar refractivity (Wildman–Crippen MR) is 83.7 cm³/mol. The molecule has 1 N–H and O–H groups in total. The van der Waals surface area contributed by atoms with Gasteiger partial charge >= 0.3 is 0 Å². The van der Waals surface area contributed by atoms with E-state index >= 15 is 0 Å². The maximum Gasteiger partial charge on any atom is 0.114 e. The van der Waals surface area contributed by atoms with Crippen LogP contribution in [0.2, 0.25) is 0 Å². The van der Waals surface area contributed by atoms with Gasteiger partial charge in [-0.25, -0.2) is 4.98 Å². The van der Waals surface area contributed by atoms with E-state index in [2.05, 4.69) is 46.9 Å². The minimum absolute atomic E-state index is 0.0928. The van der Waals surface area contributed by atoms with Gasteiger partial charge < -0.3 is 5.32 Å². The first-order valence-electron chi connectivity index (χ1n) is 7.59. The molecule has 0 bridgehead atoms. The molecule has 1 heterocycles. The van der Waals surface area contributed by atoms with E-state index in [1.807, 2.05) is 11.3 Å². The molecule has 0 spiro atoms. The van der Waals surface area contributed by atoms with Crippen LogP contribution in [0.5, 0.6) is 0 Å². The van der Waals surface area contributed by atoms with Gasteiger partial charge in [-0.15, -0.1) is 11.3 Å². The molecule has 3 atom stereocenters. The second kappa shape index (κ2) is 5.53. The molecule has 2 rings (SSSR count). The lowest BCUT2D eigenvalue weighted by Gasteiger charge is -2.46. The number of hydrogen-bond donors (Lipinski definition) is 1. The molecule has 1 aromatic heterocycles. The number of thiazole rings is 1. The maximum atomic E-state index is 4.90. The van der Waals surface area contributed by atoms with Gasteiger partial charge in [-0.2, -0.15) is 0 Å². The largest absolute Gasteiger partial charge is 0.303 e. The average molecular weight is 280 g/mol. The summed E-state index contributed by atoms with van der Waals surface area (Å²) >= 11 is 1.89. The Kier molecular flexibility index (Phi) is 4.36. The number of rotatable bonds is 3. The Morgan fingerprint density at radius 1 is 1.32 bits per heavy atom. The van der Waals surface area contributed by atoms with Crippen molar-refractivity contribution in [3.05, 3.63) is 15.6 Å². The molecule has 19 heavy (non-hydrogen) atoms. The molecule has 0 saturated heterocycles. The highest BCUT2D eigenvalue weighted by molar-refractivity contribution is 7.11. The molecular formula is C16H28N2S. The lowest BCUT2D eigenvalue weighted by Crippen LogP contribution is -2.54. The summed E-state index contributed by atoms with van der Waals surface area (Å²) in [5.41, 5.74) is 1.30. The van der Waals surface area contributed by atoms with Crippen molar-refractivity contribution < 1.29 is 0 Å². The minimum Gasteiger partial charge on any atom is -0.303 e. The molecule has 108 valence electrons. The van der Waals surface area contributed by atoms with E-state index < -0.39 is 0 Å². The summed E-state index contributed by atoms with van der Waals surface area (Å²) < 4.78 is 0. The average Bonchev–Trinajstić information content (AvgIpc) is 2.65. The van der Waals surface area contributed by atoms with Crippen LogP contribution >= 0.6 is 11.3 Å². The number of aromatic nitrogens is 1. The topological polar surface area (TPSA) is 24.9 Å². The Balaban J connectivity index is 2.44. The highest BCUT2D eigenvalue weighted by Crippen LogP contribution is 2.46. The Morgan fingerprint density at radius 3 is 2.53 bits per heavy atom. The number of hydrogen-bond acceptors (Lipinski definition) is 3. The summed E-state index contributed by atoms with van der Waals surface area (Å²) in [5.74, 6) is 1.41. The molecular weight excluding hydrogens is 252 g/mol. The fraction of sp³-hybridized carbons (Fsp3) is 0.812. The van der Waals surface area contributed by atoms with E-state index in [0.717, 1.165) is 5.92 Å². The molecule has 1 saturated carbocycles. The SMILES string of the molecule is Cc1nc(C2(NC(C)C)CCCC(C)C2C)sc1C. The molecule has 3 heteroatoms. The molecule has 3 unspecified atom stereocenters. The van der Waals surface area contributed by atoms with Crippen LogP contribution in [0.1, 0.15) is 62.5 Å². The fourth-order valence-electron chi connectivity index (χ4n) is 3.41. The van der Waals surface area contributed by atoms with Crippen LogP contribution in [0.25, 0.3) is 0 Å². The third kappa shape index (κ3) is 2.73. The maximum absolute atomic E-state index is 4.90. The molecule has 1 aliphatic rings. The van der Waals surface area contributed by atoms with Gasteiger partial charge in [0.1, 0.15) is 5.01 Å².